The van der Waals surface area contributed by atoms with Crippen molar-refractivity contribution in [1.82, 2.24) is 5.32 Å². The van der Waals surface area contributed by atoms with E-state index in [2.05, 4.69) is 21.2 Å². The molecule has 1 fully saturated rings. The van der Waals surface area contributed by atoms with Crippen LogP contribution in [0.15, 0.2) is 46.9 Å². The predicted molar refractivity (Wildman–Crippen MR) is 102 cm³/mol. The first-order chi connectivity index (χ1) is 13.0. The Morgan fingerprint density at radius 1 is 1.26 bits per heavy atom. The number of fused-ring (bicyclic) bond motifs is 1. The van der Waals surface area contributed by atoms with Gasteiger partial charge in [-0.1, -0.05) is 28.1 Å². The van der Waals surface area contributed by atoms with Gasteiger partial charge in [0.1, 0.15) is 18.1 Å². The fourth-order valence-electron chi connectivity index (χ4n) is 3.29. The van der Waals surface area contributed by atoms with Crippen molar-refractivity contribution in [1.29, 1.82) is 0 Å². The van der Waals surface area contributed by atoms with Crippen molar-refractivity contribution >= 4 is 33.4 Å². The van der Waals surface area contributed by atoms with Crippen molar-refractivity contribution in [3.8, 4) is 5.75 Å². The Morgan fingerprint density at radius 2 is 2.00 bits per heavy atom. The Hall–Kier alpha value is -2.41. The molecular formula is C20H18BrFN2O3. The maximum atomic E-state index is 13.2. The number of ether oxygens (including phenoxy) is 1. The highest BCUT2D eigenvalue weighted by atomic mass is 79.9. The van der Waals surface area contributed by atoms with Gasteiger partial charge in [0, 0.05) is 4.47 Å². The number of hydrogen-bond donors (Lipinski definition) is 1. The van der Waals surface area contributed by atoms with Crippen molar-refractivity contribution in [2.45, 2.75) is 18.9 Å². The molecule has 1 atom stereocenters. The quantitative estimate of drug-likeness (QED) is 0.785. The van der Waals surface area contributed by atoms with E-state index in [1.54, 1.807) is 30.3 Å². The summed E-state index contributed by atoms with van der Waals surface area (Å²) in [4.78, 5) is 26.4. The van der Waals surface area contributed by atoms with Gasteiger partial charge in [-0.05, 0) is 54.7 Å². The highest BCUT2D eigenvalue weighted by molar-refractivity contribution is 9.10. The topological polar surface area (TPSA) is 58.6 Å². The third-order valence-corrected chi connectivity index (χ3v) is 5.30. The van der Waals surface area contributed by atoms with Gasteiger partial charge in [-0.25, -0.2) is 4.39 Å². The van der Waals surface area contributed by atoms with Crippen LogP contribution in [-0.2, 0) is 9.59 Å². The standard InChI is InChI=1S/C20H18BrFN2O3/c21-14-5-8-16-17(9-14)27-11-19(26)24(16)10-18(25)23-20(12-1-2-12)13-3-6-15(22)7-4-13/h3-9,12,20H,1-2,10-11H2,(H,23,25). The summed E-state index contributed by atoms with van der Waals surface area (Å²) in [6.07, 6.45) is 2.05. The highest BCUT2D eigenvalue weighted by Gasteiger charge is 2.34. The number of nitrogens with zero attached hydrogens (tertiary/aromatic N) is 1. The van der Waals surface area contributed by atoms with E-state index in [9.17, 15) is 14.0 Å². The second-order valence-corrected chi connectivity index (χ2v) is 7.73. The zero-order chi connectivity index (χ0) is 19.0. The molecule has 1 aliphatic heterocycles. The molecule has 7 heteroatoms. The van der Waals surface area contributed by atoms with Crippen LogP contribution in [0.4, 0.5) is 10.1 Å². The van der Waals surface area contributed by atoms with Crippen LogP contribution in [0.5, 0.6) is 5.75 Å². The second-order valence-electron chi connectivity index (χ2n) is 6.81. The highest BCUT2D eigenvalue weighted by Crippen LogP contribution is 2.41. The summed E-state index contributed by atoms with van der Waals surface area (Å²) in [5.41, 5.74) is 1.46. The number of rotatable bonds is 5. The molecule has 1 heterocycles. The van der Waals surface area contributed by atoms with Gasteiger partial charge in [-0.15, -0.1) is 0 Å². The van der Waals surface area contributed by atoms with Gasteiger partial charge in [0.25, 0.3) is 5.91 Å². The van der Waals surface area contributed by atoms with E-state index < -0.39 is 0 Å². The molecule has 1 unspecified atom stereocenters. The molecule has 0 bridgehead atoms. The van der Waals surface area contributed by atoms with Gasteiger partial charge in [-0.2, -0.15) is 0 Å². The van der Waals surface area contributed by atoms with Crippen molar-refractivity contribution < 1.29 is 18.7 Å². The number of carbonyl (C=O) groups excluding carboxylic acids is 2. The summed E-state index contributed by atoms with van der Waals surface area (Å²) in [5, 5.41) is 3.02. The average molecular weight is 433 g/mol. The van der Waals surface area contributed by atoms with E-state index in [4.69, 9.17) is 4.74 Å². The lowest BCUT2D eigenvalue weighted by Crippen LogP contribution is -2.46. The van der Waals surface area contributed by atoms with Crippen molar-refractivity contribution in [3.63, 3.8) is 0 Å². The summed E-state index contributed by atoms with van der Waals surface area (Å²) < 4.78 is 19.5. The summed E-state index contributed by atoms with van der Waals surface area (Å²) in [5.74, 6) is 0.100. The molecule has 27 heavy (non-hydrogen) atoms. The third-order valence-electron chi connectivity index (χ3n) is 4.81. The molecule has 1 saturated carbocycles. The molecule has 2 aliphatic rings. The van der Waals surface area contributed by atoms with E-state index in [0.29, 0.717) is 17.4 Å². The molecule has 5 nitrogen and oxygen atoms in total. The molecule has 2 amide bonds. The van der Waals surface area contributed by atoms with Crippen LogP contribution in [0.25, 0.3) is 0 Å². The first-order valence-electron chi connectivity index (χ1n) is 8.79. The van der Waals surface area contributed by atoms with Crippen molar-refractivity contribution in [2.75, 3.05) is 18.1 Å². The molecule has 2 aromatic rings. The Kier molecular flexibility index (Phi) is 4.86. The maximum absolute atomic E-state index is 13.2. The average Bonchev–Trinajstić information content (AvgIpc) is 3.48. The predicted octanol–water partition coefficient (Wildman–Crippen LogP) is 3.58. The van der Waals surface area contributed by atoms with Crippen LogP contribution in [-0.4, -0.2) is 25.0 Å². The molecule has 4 rings (SSSR count). The second kappa shape index (κ2) is 7.31. The van der Waals surface area contributed by atoms with Crippen LogP contribution in [0.1, 0.15) is 24.4 Å². The van der Waals surface area contributed by atoms with Gasteiger partial charge in [0.15, 0.2) is 6.61 Å². The lowest BCUT2D eigenvalue weighted by atomic mass is 10.0. The van der Waals surface area contributed by atoms with E-state index >= 15 is 0 Å². The summed E-state index contributed by atoms with van der Waals surface area (Å²) in [6.45, 7) is -0.179. The molecule has 0 spiro atoms. The minimum Gasteiger partial charge on any atom is -0.482 e. The Labute approximate surface area is 164 Å². The Morgan fingerprint density at radius 3 is 2.70 bits per heavy atom. The fraction of sp³-hybridized carbons (Fsp3) is 0.300. The van der Waals surface area contributed by atoms with Gasteiger partial charge in [0.05, 0.1) is 11.7 Å². The van der Waals surface area contributed by atoms with Gasteiger partial charge in [-0.3, -0.25) is 14.5 Å². The van der Waals surface area contributed by atoms with Gasteiger partial charge >= 0.3 is 0 Å². The van der Waals surface area contributed by atoms with E-state index in [1.165, 1.54) is 17.0 Å². The molecule has 140 valence electrons. The lowest BCUT2D eigenvalue weighted by molar-refractivity contribution is -0.125. The number of halogens is 2. The van der Waals surface area contributed by atoms with Gasteiger partial charge < -0.3 is 10.1 Å². The smallest absolute Gasteiger partial charge is 0.265 e. The Balaban J connectivity index is 1.50. The lowest BCUT2D eigenvalue weighted by Gasteiger charge is -2.29. The molecule has 0 radical (unpaired) electrons. The van der Waals surface area contributed by atoms with Crippen LogP contribution in [0, 0.1) is 11.7 Å². The minimum absolute atomic E-state index is 0.0821. The van der Waals surface area contributed by atoms with Crippen LogP contribution in [0.2, 0.25) is 0 Å². The number of nitrogens with one attached hydrogen (secondary N) is 1. The minimum atomic E-state index is -0.304. The number of anilines is 1. The van der Waals surface area contributed by atoms with E-state index in [-0.39, 0.29) is 36.8 Å². The van der Waals surface area contributed by atoms with E-state index in [1.807, 2.05) is 0 Å². The molecule has 1 N–H and O–H groups in total. The fourth-order valence-corrected chi connectivity index (χ4v) is 3.63. The third kappa shape index (κ3) is 3.98. The normalized spacial score (nSPS) is 17.1. The number of hydrogen-bond acceptors (Lipinski definition) is 3. The van der Waals surface area contributed by atoms with Crippen molar-refractivity contribution in [3.05, 3.63) is 58.3 Å². The van der Waals surface area contributed by atoms with Gasteiger partial charge in [0.2, 0.25) is 5.91 Å². The summed E-state index contributed by atoms with van der Waals surface area (Å²) in [6, 6.07) is 11.4. The summed E-state index contributed by atoms with van der Waals surface area (Å²) in [7, 11) is 0. The first kappa shape index (κ1) is 18.0. The zero-order valence-electron chi connectivity index (χ0n) is 14.5. The van der Waals surface area contributed by atoms with Crippen LogP contribution in [0.3, 0.4) is 0 Å². The first-order valence-corrected chi connectivity index (χ1v) is 9.58. The summed E-state index contributed by atoms with van der Waals surface area (Å²) >= 11 is 3.37. The van der Waals surface area contributed by atoms with Crippen molar-refractivity contribution in [2.24, 2.45) is 5.92 Å². The van der Waals surface area contributed by atoms with Crippen LogP contribution >= 0.6 is 15.9 Å². The SMILES string of the molecule is O=C(CN1C(=O)COc2cc(Br)ccc21)NC(c1ccc(F)cc1)C1CC1. The number of benzene rings is 2. The van der Waals surface area contributed by atoms with Crippen LogP contribution < -0.4 is 15.0 Å². The molecule has 1 aliphatic carbocycles. The molecule has 2 aromatic carbocycles. The largest absolute Gasteiger partial charge is 0.482 e. The Bertz CT molecular complexity index is 883. The number of carbonyl (C=O) groups is 2. The number of amides is 2. The maximum Gasteiger partial charge on any atom is 0.265 e. The molecule has 0 aromatic heterocycles. The monoisotopic (exact) mass is 432 g/mol. The van der Waals surface area contributed by atoms with E-state index in [0.717, 1.165) is 22.9 Å². The molecular weight excluding hydrogens is 415 g/mol. The zero-order valence-corrected chi connectivity index (χ0v) is 16.0. The molecule has 0 saturated heterocycles.